The fraction of sp³-hybridized carbons (Fsp3) is 0.312. The van der Waals surface area contributed by atoms with Gasteiger partial charge in [0.2, 0.25) is 0 Å². The van der Waals surface area contributed by atoms with E-state index in [0.717, 1.165) is 13.0 Å². The maximum atomic E-state index is 12.9. The highest BCUT2D eigenvalue weighted by molar-refractivity contribution is 7.09. The van der Waals surface area contributed by atoms with Crippen LogP contribution in [0.3, 0.4) is 0 Å². The van der Waals surface area contributed by atoms with Crippen LogP contribution in [-0.4, -0.2) is 30.3 Å². The number of halogens is 1. The third-order valence-electron chi connectivity index (χ3n) is 3.46. The Labute approximate surface area is 122 Å². The van der Waals surface area contributed by atoms with E-state index in [1.165, 1.54) is 17.0 Å². The highest BCUT2D eigenvalue weighted by atomic mass is 32.1. The quantitative estimate of drug-likeness (QED) is 0.757. The maximum Gasteiger partial charge on any atom is 0.179 e. The van der Waals surface area contributed by atoms with Crippen molar-refractivity contribution in [3.05, 3.63) is 58.0 Å². The zero-order valence-corrected chi connectivity index (χ0v) is 12.5. The van der Waals surface area contributed by atoms with Crippen molar-refractivity contribution < 1.29 is 9.18 Å². The second-order valence-corrected chi connectivity index (χ2v) is 5.89. The number of likely N-dealkylation sites (N-methyl/N-ethyl adjacent to an activating group) is 1. The number of carbonyl (C=O) groups excluding carboxylic acids is 1. The standard InChI is InChI=1S/C16H18FNOS/c1-12(16(19)13-5-7-14(17)8-6-13)18(2)10-9-15-4-3-11-20-15/h3-8,11-12H,9-10H2,1-2H3. The second-order valence-electron chi connectivity index (χ2n) is 4.86. The zero-order chi connectivity index (χ0) is 14.5. The molecule has 2 nitrogen and oxygen atoms in total. The van der Waals surface area contributed by atoms with Crippen molar-refractivity contribution >= 4 is 17.1 Å². The molecule has 1 aromatic heterocycles. The Kier molecular flexibility index (Phi) is 5.04. The Balaban J connectivity index is 1.93. The Hall–Kier alpha value is -1.52. The number of hydrogen-bond acceptors (Lipinski definition) is 3. The smallest absolute Gasteiger partial charge is 0.179 e. The van der Waals surface area contributed by atoms with Crippen LogP contribution in [0.25, 0.3) is 0 Å². The molecule has 2 rings (SSSR count). The van der Waals surface area contributed by atoms with Crippen LogP contribution in [0.2, 0.25) is 0 Å². The molecule has 1 atom stereocenters. The SMILES string of the molecule is CC(C(=O)c1ccc(F)cc1)N(C)CCc1cccs1. The third-order valence-corrected chi connectivity index (χ3v) is 4.40. The molecule has 0 amide bonds. The lowest BCUT2D eigenvalue weighted by molar-refractivity contribution is 0.0870. The number of rotatable bonds is 6. The highest BCUT2D eigenvalue weighted by Crippen LogP contribution is 2.12. The number of hydrogen-bond donors (Lipinski definition) is 0. The molecular weight excluding hydrogens is 273 g/mol. The molecule has 0 saturated carbocycles. The zero-order valence-electron chi connectivity index (χ0n) is 11.7. The number of nitrogens with zero attached hydrogens (tertiary/aromatic N) is 1. The van der Waals surface area contributed by atoms with E-state index in [1.807, 2.05) is 24.9 Å². The molecule has 0 radical (unpaired) electrons. The number of thiophene rings is 1. The van der Waals surface area contributed by atoms with Crippen molar-refractivity contribution in [2.24, 2.45) is 0 Å². The molecule has 0 bridgehead atoms. The average Bonchev–Trinajstić information content (AvgIpc) is 2.97. The van der Waals surface area contributed by atoms with Crippen molar-refractivity contribution in [3.63, 3.8) is 0 Å². The van der Waals surface area contributed by atoms with E-state index in [2.05, 4.69) is 11.4 Å². The number of ketones is 1. The van der Waals surface area contributed by atoms with Gasteiger partial charge in [-0.25, -0.2) is 4.39 Å². The summed E-state index contributed by atoms with van der Waals surface area (Å²) in [4.78, 5) is 15.6. The molecule has 0 saturated heterocycles. The van der Waals surface area contributed by atoms with E-state index in [4.69, 9.17) is 0 Å². The lowest BCUT2D eigenvalue weighted by Gasteiger charge is -2.23. The summed E-state index contributed by atoms with van der Waals surface area (Å²) in [6.45, 7) is 2.72. The van der Waals surface area contributed by atoms with Crippen molar-refractivity contribution in [2.45, 2.75) is 19.4 Å². The number of carbonyl (C=O) groups is 1. The molecule has 1 heterocycles. The van der Waals surface area contributed by atoms with Crippen LogP contribution in [0.1, 0.15) is 22.2 Å². The molecule has 0 fully saturated rings. The molecule has 4 heteroatoms. The minimum absolute atomic E-state index is 0.0266. The summed E-state index contributed by atoms with van der Waals surface area (Å²) in [7, 11) is 1.94. The van der Waals surface area contributed by atoms with E-state index in [-0.39, 0.29) is 17.6 Å². The molecule has 0 spiro atoms. The van der Waals surface area contributed by atoms with Gasteiger partial charge in [0.15, 0.2) is 5.78 Å². The van der Waals surface area contributed by atoms with Crippen LogP contribution in [-0.2, 0) is 6.42 Å². The van der Waals surface area contributed by atoms with Gasteiger partial charge in [-0.15, -0.1) is 11.3 Å². The topological polar surface area (TPSA) is 20.3 Å². The van der Waals surface area contributed by atoms with Crippen molar-refractivity contribution in [2.75, 3.05) is 13.6 Å². The first-order valence-corrected chi connectivity index (χ1v) is 7.48. The van der Waals surface area contributed by atoms with E-state index in [9.17, 15) is 9.18 Å². The first-order valence-electron chi connectivity index (χ1n) is 6.60. The van der Waals surface area contributed by atoms with Crippen LogP contribution >= 0.6 is 11.3 Å². The average molecular weight is 291 g/mol. The fourth-order valence-electron chi connectivity index (χ4n) is 1.99. The predicted molar refractivity (Wildman–Crippen MR) is 80.8 cm³/mol. The Bertz CT molecular complexity index is 550. The molecule has 0 aliphatic carbocycles. The fourth-order valence-corrected chi connectivity index (χ4v) is 2.69. The Morgan fingerprint density at radius 2 is 2.00 bits per heavy atom. The summed E-state index contributed by atoms with van der Waals surface area (Å²) in [5, 5.41) is 2.06. The summed E-state index contributed by atoms with van der Waals surface area (Å²) in [5.74, 6) is -0.293. The molecule has 1 unspecified atom stereocenters. The molecule has 106 valence electrons. The third kappa shape index (κ3) is 3.74. The van der Waals surface area contributed by atoms with Crippen molar-refractivity contribution in [3.8, 4) is 0 Å². The van der Waals surface area contributed by atoms with Gasteiger partial charge in [-0.05, 0) is 56.1 Å². The summed E-state index contributed by atoms with van der Waals surface area (Å²) in [6, 6.07) is 9.66. The number of benzene rings is 1. The van der Waals surface area contributed by atoms with Gasteiger partial charge in [0, 0.05) is 17.0 Å². The first-order chi connectivity index (χ1) is 9.58. The van der Waals surface area contributed by atoms with E-state index in [0.29, 0.717) is 5.56 Å². The minimum atomic E-state index is -0.319. The molecule has 1 aromatic carbocycles. The predicted octanol–water partition coefficient (Wildman–Crippen LogP) is 3.63. The maximum absolute atomic E-state index is 12.9. The van der Waals surface area contributed by atoms with Gasteiger partial charge in [0.25, 0.3) is 0 Å². The summed E-state index contributed by atoms with van der Waals surface area (Å²) >= 11 is 1.73. The van der Waals surface area contributed by atoms with Crippen LogP contribution in [0.4, 0.5) is 4.39 Å². The number of Topliss-reactive ketones (excluding diaryl/α,β-unsaturated/α-hetero) is 1. The normalized spacial score (nSPS) is 12.6. The Morgan fingerprint density at radius 3 is 2.60 bits per heavy atom. The Morgan fingerprint density at radius 1 is 1.30 bits per heavy atom. The van der Waals surface area contributed by atoms with Gasteiger partial charge in [-0.3, -0.25) is 9.69 Å². The van der Waals surface area contributed by atoms with Crippen molar-refractivity contribution in [1.29, 1.82) is 0 Å². The molecule has 2 aromatic rings. The molecule has 0 aliphatic heterocycles. The van der Waals surface area contributed by atoms with Crippen LogP contribution in [0.15, 0.2) is 41.8 Å². The lowest BCUT2D eigenvalue weighted by Crippen LogP contribution is -2.37. The van der Waals surface area contributed by atoms with Gasteiger partial charge < -0.3 is 0 Å². The van der Waals surface area contributed by atoms with Crippen LogP contribution in [0, 0.1) is 5.82 Å². The van der Waals surface area contributed by atoms with Gasteiger partial charge in [0.1, 0.15) is 5.82 Å². The lowest BCUT2D eigenvalue weighted by atomic mass is 10.0. The van der Waals surface area contributed by atoms with Gasteiger partial charge in [-0.2, -0.15) is 0 Å². The molecule has 0 aliphatic rings. The summed E-state index contributed by atoms with van der Waals surface area (Å²) < 4.78 is 12.9. The van der Waals surface area contributed by atoms with Crippen LogP contribution in [0.5, 0.6) is 0 Å². The monoisotopic (exact) mass is 291 g/mol. The van der Waals surface area contributed by atoms with Gasteiger partial charge in [-0.1, -0.05) is 6.07 Å². The summed E-state index contributed by atoms with van der Waals surface area (Å²) in [6.07, 6.45) is 0.940. The molecule has 0 N–H and O–H groups in total. The molecule has 20 heavy (non-hydrogen) atoms. The van der Waals surface area contributed by atoms with Gasteiger partial charge in [0.05, 0.1) is 6.04 Å². The van der Waals surface area contributed by atoms with E-state index < -0.39 is 0 Å². The minimum Gasteiger partial charge on any atom is -0.296 e. The first kappa shape index (κ1) is 14.9. The largest absolute Gasteiger partial charge is 0.296 e. The second kappa shape index (κ2) is 6.77. The highest BCUT2D eigenvalue weighted by Gasteiger charge is 2.19. The molecular formula is C16H18FNOS. The van der Waals surface area contributed by atoms with Gasteiger partial charge >= 0.3 is 0 Å². The van der Waals surface area contributed by atoms with E-state index >= 15 is 0 Å². The van der Waals surface area contributed by atoms with Crippen molar-refractivity contribution in [1.82, 2.24) is 4.90 Å². The van der Waals surface area contributed by atoms with E-state index in [1.54, 1.807) is 23.5 Å². The summed E-state index contributed by atoms with van der Waals surface area (Å²) in [5.41, 5.74) is 0.557. The van der Waals surface area contributed by atoms with Crippen LogP contribution < -0.4 is 0 Å².